The van der Waals surface area contributed by atoms with Crippen LogP contribution in [0, 0.1) is 0 Å². The zero-order valence-electron chi connectivity index (χ0n) is 36.1. The topological polar surface area (TPSA) is 78.9 Å². The van der Waals surface area contributed by atoms with Crippen LogP contribution in [0.3, 0.4) is 0 Å². The van der Waals surface area contributed by atoms with Crippen LogP contribution in [-0.4, -0.2) is 37.2 Å². The average Bonchev–Trinajstić information content (AvgIpc) is 3.19. The Morgan fingerprint density at radius 3 is 1.38 bits per heavy atom. The Hall–Kier alpha value is -3.41. The molecule has 0 aliphatic rings. The summed E-state index contributed by atoms with van der Waals surface area (Å²) in [4.78, 5) is 37.7. The zero-order valence-corrected chi connectivity index (χ0v) is 36.1. The number of hydrogen-bond acceptors (Lipinski definition) is 6. The minimum atomic E-state index is -0.799. The molecule has 0 rings (SSSR count). The van der Waals surface area contributed by atoms with Crippen LogP contribution in [0.2, 0.25) is 0 Å². The minimum absolute atomic E-state index is 0.102. The lowest BCUT2D eigenvalue weighted by atomic mass is 10.1. The van der Waals surface area contributed by atoms with E-state index in [9.17, 15) is 14.4 Å². The van der Waals surface area contributed by atoms with Crippen molar-refractivity contribution in [2.24, 2.45) is 0 Å². The van der Waals surface area contributed by atoms with Gasteiger partial charge in [-0.15, -0.1) is 0 Å². The van der Waals surface area contributed by atoms with E-state index in [1.165, 1.54) is 51.4 Å². The highest BCUT2D eigenvalue weighted by molar-refractivity contribution is 5.71. The number of carbonyl (C=O) groups excluding carboxylic acids is 3. The van der Waals surface area contributed by atoms with E-state index in [-0.39, 0.29) is 31.1 Å². The maximum atomic E-state index is 12.7. The van der Waals surface area contributed by atoms with Gasteiger partial charge in [0, 0.05) is 19.3 Å². The van der Waals surface area contributed by atoms with E-state index >= 15 is 0 Å². The van der Waals surface area contributed by atoms with Crippen molar-refractivity contribution in [3.8, 4) is 0 Å². The summed E-state index contributed by atoms with van der Waals surface area (Å²) in [6.45, 7) is 6.28. The van der Waals surface area contributed by atoms with Gasteiger partial charge in [0.15, 0.2) is 6.10 Å². The number of hydrogen-bond donors (Lipinski definition) is 0. The third-order valence-corrected chi connectivity index (χ3v) is 9.21. The van der Waals surface area contributed by atoms with E-state index in [1.807, 2.05) is 24.3 Å². The zero-order chi connectivity index (χ0) is 40.8. The van der Waals surface area contributed by atoms with Crippen molar-refractivity contribution in [3.63, 3.8) is 0 Å². The number of esters is 3. The predicted molar refractivity (Wildman–Crippen MR) is 237 cm³/mol. The van der Waals surface area contributed by atoms with E-state index < -0.39 is 6.10 Å². The van der Waals surface area contributed by atoms with Gasteiger partial charge in [0.2, 0.25) is 0 Å². The van der Waals surface area contributed by atoms with E-state index in [1.54, 1.807) is 0 Å². The maximum Gasteiger partial charge on any atom is 0.306 e. The normalized spacial score (nSPS) is 12.8. The molecule has 1 unspecified atom stereocenters. The summed E-state index contributed by atoms with van der Waals surface area (Å²) in [6.07, 6.45) is 55.7. The molecule has 0 heterocycles. The van der Waals surface area contributed by atoms with Gasteiger partial charge < -0.3 is 14.2 Å². The lowest BCUT2D eigenvalue weighted by molar-refractivity contribution is -0.167. The van der Waals surface area contributed by atoms with Gasteiger partial charge in [0.25, 0.3) is 0 Å². The fraction of sp³-hybridized carbons (Fsp3) is 0.660. The molecule has 0 fully saturated rings. The highest BCUT2D eigenvalue weighted by atomic mass is 16.6. The molecule has 0 spiro atoms. The predicted octanol–water partition coefficient (Wildman–Crippen LogP) is 14.5. The van der Waals surface area contributed by atoms with E-state index in [0.29, 0.717) is 25.7 Å². The Labute approximate surface area is 344 Å². The highest BCUT2D eigenvalue weighted by Gasteiger charge is 2.19. The summed E-state index contributed by atoms with van der Waals surface area (Å²) in [7, 11) is 0. The lowest BCUT2D eigenvalue weighted by Gasteiger charge is -2.18. The van der Waals surface area contributed by atoms with E-state index in [0.717, 1.165) is 96.3 Å². The summed E-state index contributed by atoms with van der Waals surface area (Å²) >= 11 is 0. The second-order valence-electron chi connectivity index (χ2n) is 14.6. The fourth-order valence-electron chi connectivity index (χ4n) is 5.84. The molecule has 0 saturated carbocycles. The molecule has 0 N–H and O–H groups in total. The molecule has 0 bridgehead atoms. The molecule has 0 radical (unpaired) electrons. The quantitative estimate of drug-likeness (QED) is 0.0203. The summed E-state index contributed by atoms with van der Waals surface area (Å²) < 4.78 is 16.6. The first kappa shape index (κ1) is 52.6. The Bertz CT molecular complexity index is 1120. The molecule has 0 aliphatic carbocycles. The minimum Gasteiger partial charge on any atom is -0.462 e. The summed E-state index contributed by atoms with van der Waals surface area (Å²) in [6, 6.07) is 0. The van der Waals surface area contributed by atoms with Gasteiger partial charge in [-0.05, 0) is 83.5 Å². The molecular formula is C50H82O6. The lowest BCUT2D eigenvalue weighted by Crippen LogP contribution is -2.30. The van der Waals surface area contributed by atoms with Crippen molar-refractivity contribution in [2.75, 3.05) is 13.2 Å². The molecule has 1 atom stereocenters. The number of ether oxygens (including phenoxy) is 3. The average molecular weight is 779 g/mol. The first-order valence-corrected chi connectivity index (χ1v) is 22.6. The summed E-state index contributed by atoms with van der Waals surface area (Å²) in [5.41, 5.74) is 0. The largest absolute Gasteiger partial charge is 0.462 e. The van der Waals surface area contributed by atoms with Gasteiger partial charge in [-0.1, -0.05) is 176 Å². The molecule has 318 valence electrons. The SMILES string of the molecule is CC\C=C/C=C\C=C/C=C\CCCCCCCC(=O)OCC(COC(=O)CCC/C=C\CCCCCC)OC(=O)CCCCCCCCC/C=C\C/C=C\CC. The van der Waals surface area contributed by atoms with Crippen molar-refractivity contribution in [1.82, 2.24) is 0 Å². The molecule has 0 aromatic carbocycles. The first-order valence-electron chi connectivity index (χ1n) is 22.6. The Kier molecular flexibility index (Phi) is 41.6. The molecule has 0 aromatic rings. The van der Waals surface area contributed by atoms with Crippen LogP contribution in [0.15, 0.2) is 85.1 Å². The Morgan fingerprint density at radius 2 is 0.804 bits per heavy atom. The maximum absolute atomic E-state index is 12.7. The molecular weight excluding hydrogens is 697 g/mol. The molecule has 56 heavy (non-hydrogen) atoms. The van der Waals surface area contributed by atoms with Gasteiger partial charge in [-0.25, -0.2) is 0 Å². The van der Waals surface area contributed by atoms with Gasteiger partial charge >= 0.3 is 17.9 Å². The van der Waals surface area contributed by atoms with Crippen LogP contribution in [-0.2, 0) is 28.6 Å². The van der Waals surface area contributed by atoms with Gasteiger partial charge in [-0.3, -0.25) is 14.4 Å². The Balaban J connectivity index is 4.45. The van der Waals surface area contributed by atoms with Crippen LogP contribution < -0.4 is 0 Å². The van der Waals surface area contributed by atoms with Gasteiger partial charge in [-0.2, -0.15) is 0 Å². The molecule has 6 heteroatoms. The first-order chi connectivity index (χ1) is 27.5. The van der Waals surface area contributed by atoms with Gasteiger partial charge in [0.1, 0.15) is 13.2 Å². The number of unbranched alkanes of at least 4 members (excludes halogenated alkanes) is 17. The molecule has 0 aromatic heterocycles. The second-order valence-corrected chi connectivity index (χ2v) is 14.6. The fourth-order valence-corrected chi connectivity index (χ4v) is 5.84. The number of rotatable bonds is 39. The van der Waals surface area contributed by atoms with Crippen LogP contribution in [0.1, 0.15) is 194 Å². The molecule has 0 aliphatic heterocycles. The van der Waals surface area contributed by atoms with Crippen molar-refractivity contribution in [2.45, 2.75) is 200 Å². The van der Waals surface area contributed by atoms with Crippen LogP contribution in [0.25, 0.3) is 0 Å². The van der Waals surface area contributed by atoms with Crippen molar-refractivity contribution >= 4 is 17.9 Å². The second kappa shape index (κ2) is 44.3. The van der Waals surface area contributed by atoms with Crippen LogP contribution >= 0.6 is 0 Å². The Morgan fingerprint density at radius 1 is 0.393 bits per heavy atom. The number of carbonyl (C=O) groups is 3. The highest BCUT2D eigenvalue weighted by Crippen LogP contribution is 2.13. The monoisotopic (exact) mass is 779 g/mol. The van der Waals surface area contributed by atoms with Gasteiger partial charge in [0.05, 0.1) is 0 Å². The molecule has 0 amide bonds. The van der Waals surface area contributed by atoms with Crippen LogP contribution in [0.5, 0.6) is 0 Å². The van der Waals surface area contributed by atoms with E-state index in [4.69, 9.17) is 14.2 Å². The summed E-state index contributed by atoms with van der Waals surface area (Å²) in [5.74, 6) is -0.976. The number of allylic oxidation sites excluding steroid dienone is 14. The van der Waals surface area contributed by atoms with Crippen molar-refractivity contribution in [3.05, 3.63) is 85.1 Å². The molecule has 6 nitrogen and oxygen atoms in total. The third kappa shape index (κ3) is 41.7. The molecule has 0 saturated heterocycles. The standard InChI is InChI=1S/C50H82O6/c1-4-7-10-13-16-19-21-23-25-27-28-31-34-37-40-43-49(52)55-46-47(45-54-48(51)42-39-36-33-30-18-15-12-9-6-3)56-50(53)44-41-38-35-32-29-26-24-22-20-17-14-11-8-5-2/h7-8,10-11,13,16-17,19-21,23,25,30,33,47H,4-6,9,12,14-15,18,22,24,26-29,31-32,34-46H2,1-3H3/b10-7-,11-8-,16-13-,20-17-,21-19-,25-23-,33-30-. The third-order valence-electron chi connectivity index (χ3n) is 9.21. The smallest absolute Gasteiger partial charge is 0.306 e. The van der Waals surface area contributed by atoms with Crippen molar-refractivity contribution < 1.29 is 28.6 Å². The van der Waals surface area contributed by atoms with E-state index in [2.05, 4.69) is 81.5 Å². The summed E-state index contributed by atoms with van der Waals surface area (Å²) in [5, 5.41) is 0. The van der Waals surface area contributed by atoms with Crippen LogP contribution in [0.4, 0.5) is 0 Å². The van der Waals surface area contributed by atoms with Crippen molar-refractivity contribution in [1.29, 1.82) is 0 Å².